The fourth-order valence-corrected chi connectivity index (χ4v) is 1.29. The molecule has 1 unspecified atom stereocenters. The molecule has 0 aliphatic heterocycles. The summed E-state index contributed by atoms with van der Waals surface area (Å²) < 4.78 is 0. The van der Waals surface area contributed by atoms with Crippen LogP contribution >= 0.6 is 0 Å². The third-order valence-electron chi connectivity index (χ3n) is 1.96. The van der Waals surface area contributed by atoms with Crippen molar-refractivity contribution < 1.29 is 0 Å². The van der Waals surface area contributed by atoms with Crippen LogP contribution in [-0.2, 0) is 0 Å². The summed E-state index contributed by atoms with van der Waals surface area (Å²) in [6, 6.07) is 11.0. The number of benzene rings is 1. The van der Waals surface area contributed by atoms with Gasteiger partial charge in [-0.3, -0.25) is 0 Å². The zero-order valence-electron chi connectivity index (χ0n) is 7.17. The van der Waals surface area contributed by atoms with Gasteiger partial charge in [0.15, 0.2) is 0 Å². The second-order valence-corrected chi connectivity index (χ2v) is 2.66. The lowest BCUT2D eigenvalue weighted by atomic mass is 10.1. The highest BCUT2D eigenvalue weighted by molar-refractivity contribution is 5.18. The maximum absolute atomic E-state index is 3.27. The highest BCUT2D eigenvalue weighted by atomic mass is 14.9. The molecule has 11 heavy (non-hydrogen) atoms. The fourth-order valence-electron chi connectivity index (χ4n) is 1.29. The quantitative estimate of drug-likeness (QED) is 0.695. The molecule has 0 radical (unpaired) electrons. The van der Waals surface area contributed by atoms with E-state index in [1.165, 1.54) is 5.56 Å². The first kappa shape index (κ1) is 8.28. The molecule has 1 aromatic rings. The number of hydrogen-bond acceptors (Lipinski definition) is 1. The molecule has 0 aliphatic carbocycles. The molecular formula is C10H15N. The molecule has 60 valence electrons. The van der Waals surface area contributed by atoms with E-state index in [2.05, 4.69) is 36.5 Å². The molecule has 0 amide bonds. The summed E-state index contributed by atoms with van der Waals surface area (Å²) in [4.78, 5) is 0. The molecule has 0 saturated carbocycles. The van der Waals surface area contributed by atoms with Crippen LogP contribution in [0.5, 0.6) is 0 Å². The Morgan fingerprint density at radius 1 is 1.27 bits per heavy atom. The molecular weight excluding hydrogens is 134 g/mol. The SMILES string of the molecule is CCC(NC)c1ccccc1. The van der Waals surface area contributed by atoms with Crippen molar-refractivity contribution >= 4 is 0 Å². The van der Waals surface area contributed by atoms with Gasteiger partial charge in [0.05, 0.1) is 0 Å². The lowest BCUT2D eigenvalue weighted by molar-refractivity contribution is 0.577. The maximum Gasteiger partial charge on any atom is 0.0314 e. The van der Waals surface area contributed by atoms with E-state index in [-0.39, 0.29) is 0 Å². The van der Waals surface area contributed by atoms with Crippen molar-refractivity contribution in [1.82, 2.24) is 5.32 Å². The van der Waals surface area contributed by atoms with Crippen LogP contribution in [0.2, 0.25) is 0 Å². The largest absolute Gasteiger partial charge is 0.313 e. The maximum atomic E-state index is 3.27. The van der Waals surface area contributed by atoms with E-state index in [4.69, 9.17) is 0 Å². The van der Waals surface area contributed by atoms with E-state index in [1.807, 2.05) is 13.1 Å². The molecule has 1 atom stereocenters. The van der Waals surface area contributed by atoms with Crippen LogP contribution in [-0.4, -0.2) is 7.05 Å². The summed E-state index contributed by atoms with van der Waals surface area (Å²) in [6.07, 6.45) is 1.14. The molecule has 0 heterocycles. The molecule has 1 heteroatoms. The lowest BCUT2D eigenvalue weighted by Gasteiger charge is -2.13. The van der Waals surface area contributed by atoms with Gasteiger partial charge in [-0.15, -0.1) is 0 Å². The van der Waals surface area contributed by atoms with Crippen molar-refractivity contribution in [2.45, 2.75) is 19.4 Å². The minimum atomic E-state index is 0.510. The van der Waals surface area contributed by atoms with Crippen molar-refractivity contribution in [1.29, 1.82) is 0 Å². The van der Waals surface area contributed by atoms with Crippen molar-refractivity contribution in [2.75, 3.05) is 7.05 Å². The van der Waals surface area contributed by atoms with Gasteiger partial charge in [-0.1, -0.05) is 37.3 Å². The average molecular weight is 149 g/mol. The standard InChI is InChI=1S/C10H15N/c1-3-10(11-2)9-7-5-4-6-8-9/h4-8,10-11H,3H2,1-2H3. The summed E-state index contributed by atoms with van der Waals surface area (Å²) in [7, 11) is 2.00. The van der Waals surface area contributed by atoms with Gasteiger partial charge >= 0.3 is 0 Å². The predicted octanol–water partition coefficient (Wildman–Crippen LogP) is 2.36. The van der Waals surface area contributed by atoms with Gasteiger partial charge in [0.2, 0.25) is 0 Å². The van der Waals surface area contributed by atoms with Gasteiger partial charge in [-0.05, 0) is 19.0 Å². The third-order valence-corrected chi connectivity index (χ3v) is 1.96. The van der Waals surface area contributed by atoms with Crippen molar-refractivity contribution in [2.24, 2.45) is 0 Å². The molecule has 0 bridgehead atoms. The predicted molar refractivity (Wildman–Crippen MR) is 48.5 cm³/mol. The smallest absolute Gasteiger partial charge is 0.0314 e. The first-order valence-corrected chi connectivity index (χ1v) is 4.10. The van der Waals surface area contributed by atoms with Crippen LogP contribution < -0.4 is 5.32 Å². The Labute approximate surface area is 68.4 Å². The number of nitrogens with one attached hydrogen (secondary N) is 1. The molecule has 0 spiro atoms. The topological polar surface area (TPSA) is 12.0 Å². The lowest BCUT2D eigenvalue weighted by Crippen LogP contribution is -2.14. The highest BCUT2D eigenvalue weighted by Gasteiger charge is 2.03. The zero-order valence-corrected chi connectivity index (χ0v) is 7.17. The van der Waals surface area contributed by atoms with Crippen LogP contribution in [0.15, 0.2) is 30.3 Å². The second kappa shape index (κ2) is 4.14. The van der Waals surface area contributed by atoms with Crippen LogP contribution in [0, 0.1) is 0 Å². The first-order valence-electron chi connectivity index (χ1n) is 4.10. The highest BCUT2D eigenvalue weighted by Crippen LogP contribution is 2.14. The molecule has 0 aromatic heterocycles. The third kappa shape index (κ3) is 2.05. The van der Waals surface area contributed by atoms with Gasteiger partial charge in [-0.2, -0.15) is 0 Å². The summed E-state index contributed by atoms with van der Waals surface area (Å²) in [5.41, 5.74) is 1.37. The van der Waals surface area contributed by atoms with Gasteiger partial charge in [0.1, 0.15) is 0 Å². The van der Waals surface area contributed by atoms with Crippen LogP contribution in [0.25, 0.3) is 0 Å². The average Bonchev–Trinajstić information content (AvgIpc) is 2.09. The van der Waals surface area contributed by atoms with Crippen molar-refractivity contribution in [3.8, 4) is 0 Å². The van der Waals surface area contributed by atoms with Crippen LogP contribution in [0.4, 0.5) is 0 Å². The summed E-state index contributed by atoms with van der Waals surface area (Å²) in [6.45, 7) is 2.19. The molecule has 1 nitrogen and oxygen atoms in total. The Bertz CT molecular complexity index is 189. The van der Waals surface area contributed by atoms with E-state index >= 15 is 0 Å². The molecule has 0 fully saturated rings. The van der Waals surface area contributed by atoms with Crippen LogP contribution in [0.1, 0.15) is 24.9 Å². The van der Waals surface area contributed by atoms with Crippen molar-refractivity contribution in [3.63, 3.8) is 0 Å². The van der Waals surface area contributed by atoms with Gasteiger partial charge in [0.25, 0.3) is 0 Å². The zero-order chi connectivity index (χ0) is 8.10. The first-order chi connectivity index (χ1) is 5.38. The molecule has 0 saturated heterocycles. The number of rotatable bonds is 3. The van der Waals surface area contributed by atoms with E-state index in [0.29, 0.717) is 6.04 Å². The van der Waals surface area contributed by atoms with Gasteiger partial charge in [-0.25, -0.2) is 0 Å². The minimum Gasteiger partial charge on any atom is -0.313 e. The normalized spacial score (nSPS) is 12.9. The van der Waals surface area contributed by atoms with E-state index < -0.39 is 0 Å². The van der Waals surface area contributed by atoms with Gasteiger partial charge in [0, 0.05) is 6.04 Å². The van der Waals surface area contributed by atoms with E-state index in [0.717, 1.165) is 6.42 Å². The monoisotopic (exact) mass is 149 g/mol. The molecule has 1 aromatic carbocycles. The van der Waals surface area contributed by atoms with Crippen molar-refractivity contribution in [3.05, 3.63) is 35.9 Å². The Balaban J connectivity index is 2.74. The van der Waals surface area contributed by atoms with E-state index in [9.17, 15) is 0 Å². The Hall–Kier alpha value is -0.820. The summed E-state index contributed by atoms with van der Waals surface area (Å²) >= 11 is 0. The second-order valence-electron chi connectivity index (χ2n) is 2.66. The van der Waals surface area contributed by atoms with Gasteiger partial charge < -0.3 is 5.32 Å². The summed E-state index contributed by atoms with van der Waals surface area (Å²) in [5, 5.41) is 3.27. The fraction of sp³-hybridized carbons (Fsp3) is 0.400. The Morgan fingerprint density at radius 2 is 1.91 bits per heavy atom. The van der Waals surface area contributed by atoms with Crippen LogP contribution in [0.3, 0.4) is 0 Å². The molecule has 1 rings (SSSR count). The Morgan fingerprint density at radius 3 is 2.36 bits per heavy atom. The number of hydrogen-bond donors (Lipinski definition) is 1. The Kier molecular flexibility index (Phi) is 3.12. The van der Waals surface area contributed by atoms with E-state index in [1.54, 1.807) is 0 Å². The summed E-state index contributed by atoms with van der Waals surface area (Å²) in [5.74, 6) is 0. The molecule has 1 N–H and O–H groups in total. The minimum absolute atomic E-state index is 0.510. The molecule has 0 aliphatic rings.